The summed E-state index contributed by atoms with van der Waals surface area (Å²) in [6.45, 7) is 5.40. The van der Waals surface area contributed by atoms with Gasteiger partial charge in [0.2, 0.25) is 15.9 Å². The molecular formula is C18H29N3O4S. The summed E-state index contributed by atoms with van der Waals surface area (Å²) < 4.78 is 31.4. The predicted molar refractivity (Wildman–Crippen MR) is 100 cm³/mol. The summed E-state index contributed by atoms with van der Waals surface area (Å²) in [7, 11) is -1.94. The Hall–Kier alpha value is -1.48. The van der Waals surface area contributed by atoms with Crippen LogP contribution in [0.25, 0.3) is 0 Å². The Morgan fingerprint density at radius 2 is 1.88 bits per heavy atom. The van der Waals surface area contributed by atoms with E-state index in [4.69, 9.17) is 4.74 Å². The first-order chi connectivity index (χ1) is 12.5. The van der Waals surface area contributed by atoms with Crippen LogP contribution in [0.15, 0.2) is 35.2 Å². The van der Waals surface area contributed by atoms with Crippen molar-refractivity contribution in [3.8, 4) is 0 Å². The highest BCUT2D eigenvalue weighted by molar-refractivity contribution is 7.89. The topological polar surface area (TPSA) is 79.0 Å². The lowest BCUT2D eigenvalue weighted by atomic mass is 10.3. The Morgan fingerprint density at radius 1 is 1.19 bits per heavy atom. The van der Waals surface area contributed by atoms with Gasteiger partial charge in [-0.2, -0.15) is 0 Å². The number of nitrogens with zero attached hydrogens (tertiary/aromatic N) is 2. The van der Waals surface area contributed by atoms with Crippen molar-refractivity contribution in [3.63, 3.8) is 0 Å². The number of carbonyl (C=O) groups is 1. The van der Waals surface area contributed by atoms with E-state index in [0.29, 0.717) is 25.9 Å². The number of benzene rings is 1. The third-order valence-electron chi connectivity index (χ3n) is 4.41. The highest BCUT2D eigenvalue weighted by atomic mass is 32.2. The molecule has 0 unspecified atom stereocenters. The van der Waals surface area contributed by atoms with E-state index in [9.17, 15) is 13.2 Å². The Balaban J connectivity index is 1.60. The average Bonchev–Trinajstić information content (AvgIpc) is 2.66. The summed E-state index contributed by atoms with van der Waals surface area (Å²) in [5, 5.41) is 2.90. The first-order valence-electron chi connectivity index (χ1n) is 9.08. The maximum absolute atomic E-state index is 12.4. The van der Waals surface area contributed by atoms with Gasteiger partial charge in [-0.05, 0) is 31.5 Å². The van der Waals surface area contributed by atoms with Gasteiger partial charge in [-0.1, -0.05) is 18.2 Å². The van der Waals surface area contributed by atoms with Crippen LogP contribution in [0, 0.1) is 0 Å². The maximum Gasteiger partial charge on any atom is 0.242 e. The highest BCUT2D eigenvalue weighted by Gasteiger charge is 2.20. The van der Waals surface area contributed by atoms with Gasteiger partial charge in [0.25, 0.3) is 0 Å². The average molecular weight is 384 g/mol. The van der Waals surface area contributed by atoms with Gasteiger partial charge in [-0.25, -0.2) is 12.7 Å². The molecule has 0 spiro atoms. The van der Waals surface area contributed by atoms with E-state index in [0.717, 1.165) is 39.3 Å². The SMILES string of the molecule is CN(CCCC(=O)NCCCN1CCOCC1)S(=O)(=O)c1ccccc1. The summed E-state index contributed by atoms with van der Waals surface area (Å²) in [5.41, 5.74) is 0. The van der Waals surface area contributed by atoms with Crippen LogP contribution in [0.1, 0.15) is 19.3 Å². The Bertz CT molecular complexity index is 646. The molecule has 1 aromatic carbocycles. The Kier molecular flexibility index (Phi) is 8.50. The van der Waals surface area contributed by atoms with E-state index < -0.39 is 10.0 Å². The fraction of sp³-hybridized carbons (Fsp3) is 0.611. The van der Waals surface area contributed by atoms with Crippen molar-refractivity contribution in [1.29, 1.82) is 0 Å². The van der Waals surface area contributed by atoms with Gasteiger partial charge < -0.3 is 10.1 Å². The Labute approximate surface area is 156 Å². The van der Waals surface area contributed by atoms with Crippen LogP contribution in [0.4, 0.5) is 0 Å². The molecule has 0 bridgehead atoms. The first kappa shape index (κ1) is 20.8. The van der Waals surface area contributed by atoms with Crippen molar-refractivity contribution >= 4 is 15.9 Å². The number of carbonyl (C=O) groups excluding carboxylic acids is 1. The summed E-state index contributed by atoms with van der Waals surface area (Å²) in [6, 6.07) is 8.33. The van der Waals surface area contributed by atoms with Gasteiger partial charge in [0.1, 0.15) is 0 Å². The molecule has 26 heavy (non-hydrogen) atoms. The standard InChI is InChI=1S/C18H29N3O4S/c1-20(26(23,24)17-7-3-2-4-8-17)11-5-9-18(22)19-10-6-12-21-13-15-25-16-14-21/h2-4,7-8H,5-6,9-16H2,1H3,(H,19,22). The lowest BCUT2D eigenvalue weighted by Gasteiger charge is -2.26. The molecule has 0 aromatic heterocycles. The highest BCUT2D eigenvalue weighted by Crippen LogP contribution is 2.13. The van der Waals surface area contributed by atoms with Crippen LogP contribution in [0.3, 0.4) is 0 Å². The molecule has 0 aliphatic carbocycles. The van der Waals surface area contributed by atoms with E-state index >= 15 is 0 Å². The molecule has 1 fully saturated rings. The maximum atomic E-state index is 12.4. The summed E-state index contributed by atoms with van der Waals surface area (Å²) in [6.07, 6.45) is 1.73. The van der Waals surface area contributed by atoms with Crippen LogP contribution < -0.4 is 5.32 Å². The molecule has 1 heterocycles. The van der Waals surface area contributed by atoms with Crippen LogP contribution >= 0.6 is 0 Å². The van der Waals surface area contributed by atoms with Crippen molar-refractivity contribution in [2.75, 3.05) is 53.0 Å². The van der Waals surface area contributed by atoms with Crippen LogP contribution in [0.5, 0.6) is 0 Å². The molecule has 0 saturated carbocycles. The van der Waals surface area contributed by atoms with Gasteiger partial charge in [0.05, 0.1) is 18.1 Å². The number of ether oxygens (including phenoxy) is 1. The fourth-order valence-electron chi connectivity index (χ4n) is 2.80. The quantitative estimate of drug-likeness (QED) is 0.608. The molecule has 1 aromatic rings. The second-order valence-electron chi connectivity index (χ2n) is 6.40. The van der Waals surface area contributed by atoms with Crippen LogP contribution in [-0.4, -0.2) is 76.5 Å². The molecule has 1 aliphatic rings. The zero-order valence-electron chi connectivity index (χ0n) is 15.4. The smallest absolute Gasteiger partial charge is 0.242 e. The number of hydrogen-bond acceptors (Lipinski definition) is 5. The second kappa shape index (κ2) is 10.6. The van der Waals surface area contributed by atoms with Crippen LogP contribution in [0.2, 0.25) is 0 Å². The number of morpholine rings is 1. The number of hydrogen-bond donors (Lipinski definition) is 1. The minimum absolute atomic E-state index is 0.0301. The first-order valence-corrected chi connectivity index (χ1v) is 10.5. The molecule has 146 valence electrons. The molecule has 1 N–H and O–H groups in total. The van der Waals surface area contributed by atoms with E-state index in [1.807, 2.05) is 0 Å². The number of amides is 1. The Morgan fingerprint density at radius 3 is 2.58 bits per heavy atom. The van der Waals surface area contributed by atoms with E-state index in [-0.39, 0.29) is 10.8 Å². The third kappa shape index (κ3) is 6.68. The van der Waals surface area contributed by atoms with Gasteiger partial charge in [0, 0.05) is 39.6 Å². The zero-order valence-corrected chi connectivity index (χ0v) is 16.2. The minimum Gasteiger partial charge on any atom is -0.379 e. The zero-order chi connectivity index (χ0) is 18.8. The number of sulfonamides is 1. The van der Waals surface area contributed by atoms with E-state index in [2.05, 4.69) is 10.2 Å². The molecule has 7 nitrogen and oxygen atoms in total. The normalized spacial score (nSPS) is 15.9. The van der Waals surface area contributed by atoms with Crippen LogP contribution in [-0.2, 0) is 19.6 Å². The number of nitrogens with one attached hydrogen (secondary N) is 1. The van der Waals surface area contributed by atoms with Crippen molar-refractivity contribution < 1.29 is 17.9 Å². The van der Waals surface area contributed by atoms with Gasteiger partial charge >= 0.3 is 0 Å². The van der Waals surface area contributed by atoms with Crippen molar-refractivity contribution in [2.45, 2.75) is 24.2 Å². The lowest BCUT2D eigenvalue weighted by Crippen LogP contribution is -2.38. The monoisotopic (exact) mass is 383 g/mol. The second-order valence-corrected chi connectivity index (χ2v) is 8.45. The molecule has 8 heteroatoms. The van der Waals surface area contributed by atoms with E-state index in [1.165, 1.54) is 4.31 Å². The molecule has 1 aliphatic heterocycles. The van der Waals surface area contributed by atoms with Crippen molar-refractivity contribution in [1.82, 2.24) is 14.5 Å². The van der Waals surface area contributed by atoms with Gasteiger partial charge in [-0.3, -0.25) is 9.69 Å². The fourth-order valence-corrected chi connectivity index (χ4v) is 4.03. The number of rotatable bonds is 10. The molecule has 0 radical (unpaired) electrons. The molecule has 1 amide bonds. The van der Waals surface area contributed by atoms with E-state index in [1.54, 1.807) is 37.4 Å². The van der Waals surface area contributed by atoms with Crippen molar-refractivity contribution in [3.05, 3.63) is 30.3 Å². The molecular weight excluding hydrogens is 354 g/mol. The summed E-state index contributed by atoms with van der Waals surface area (Å²) in [5.74, 6) is -0.0301. The van der Waals surface area contributed by atoms with Gasteiger partial charge in [0.15, 0.2) is 0 Å². The molecule has 1 saturated heterocycles. The third-order valence-corrected chi connectivity index (χ3v) is 6.28. The summed E-state index contributed by atoms with van der Waals surface area (Å²) >= 11 is 0. The lowest BCUT2D eigenvalue weighted by molar-refractivity contribution is -0.121. The largest absolute Gasteiger partial charge is 0.379 e. The predicted octanol–water partition coefficient (Wildman–Crippen LogP) is 0.926. The molecule has 0 atom stereocenters. The van der Waals surface area contributed by atoms with Gasteiger partial charge in [-0.15, -0.1) is 0 Å². The minimum atomic E-state index is -3.48. The summed E-state index contributed by atoms with van der Waals surface area (Å²) in [4.78, 5) is 14.5. The van der Waals surface area contributed by atoms with Crippen molar-refractivity contribution in [2.24, 2.45) is 0 Å². The molecule has 2 rings (SSSR count).